The van der Waals surface area contributed by atoms with Crippen LogP contribution in [0.15, 0.2) is 24.3 Å². The first-order valence-electron chi connectivity index (χ1n) is 8.51. The summed E-state index contributed by atoms with van der Waals surface area (Å²) in [5.41, 5.74) is 1.05. The van der Waals surface area contributed by atoms with Crippen molar-refractivity contribution in [2.24, 2.45) is 5.92 Å². The Hall–Kier alpha value is -2.41. The molecule has 1 atom stereocenters. The summed E-state index contributed by atoms with van der Waals surface area (Å²) in [6.07, 6.45) is 0. The SMILES string of the molecule is Cc1nnc2n1CC(C(=O)O)N(Cc1ccc(OCC(C)C)cc1)C2. The van der Waals surface area contributed by atoms with Gasteiger partial charge in [0, 0.05) is 6.54 Å². The van der Waals surface area contributed by atoms with E-state index in [1.165, 1.54) is 0 Å². The highest BCUT2D eigenvalue weighted by atomic mass is 16.5. The van der Waals surface area contributed by atoms with Crippen molar-refractivity contribution < 1.29 is 14.6 Å². The van der Waals surface area contributed by atoms with E-state index < -0.39 is 12.0 Å². The minimum Gasteiger partial charge on any atom is -0.493 e. The molecule has 0 spiro atoms. The summed E-state index contributed by atoms with van der Waals surface area (Å²) in [7, 11) is 0. The highest BCUT2D eigenvalue weighted by Crippen LogP contribution is 2.22. The molecule has 7 nitrogen and oxygen atoms in total. The molecule has 1 aromatic heterocycles. The van der Waals surface area contributed by atoms with Crippen molar-refractivity contribution in [3.63, 3.8) is 0 Å². The van der Waals surface area contributed by atoms with Crippen LogP contribution in [0.1, 0.15) is 31.1 Å². The largest absolute Gasteiger partial charge is 0.493 e. The highest BCUT2D eigenvalue weighted by molar-refractivity contribution is 5.73. The van der Waals surface area contributed by atoms with Crippen LogP contribution in [0.25, 0.3) is 0 Å². The van der Waals surface area contributed by atoms with E-state index in [1.54, 1.807) is 0 Å². The lowest BCUT2D eigenvalue weighted by molar-refractivity contribution is -0.145. The number of aryl methyl sites for hydroxylation is 1. The topological polar surface area (TPSA) is 80.5 Å². The molecule has 0 bridgehead atoms. The Balaban J connectivity index is 1.71. The minimum atomic E-state index is -0.823. The predicted octanol–water partition coefficient (Wildman–Crippen LogP) is 2.09. The second-order valence-electron chi connectivity index (χ2n) is 6.88. The number of hydrogen-bond donors (Lipinski definition) is 1. The Labute approximate surface area is 147 Å². The van der Waals surface area contributed by atoms with Crippen LogP contribution in [0.2, 0.25) is 0 Å². The van der Waals surface area contributed by atoms with E-state index >= 15 is 0 Å². The summed E-state index contributed by atoms with van der Waals surface area (Å²) in [6.45, 7) is 8.15. The summed E-state index contributed by atoms with van der Waals surface area (Å²) in [6, 6.07) is 7.26. The molecule has 3 rings (SSSR count). The Morgan fingerprint density at radius 1 is 1.32 bits per heavy atom. The third kappa shape index (κ3) is 3.99. The van der Waals surface area contributed by atoms with Gasteiger partial charge in [0.25, 0.3) is 0 Å². The van der Waals surface area contributed by atoms with Gasteiger partial charge in [-0.3, -0.25) is 9.69 Å². The van der Waals surface area contributed by atoms with E-state index in [0.717, 1.165) is 23.0 Å². The van der Waals surface area contributed by atoms with Gasteiger partial charge in [0.05, 0.1) is 19.7 Å². The number of carbonyl (C=O) groups is 1. The fourth-order valence-corrected chi connectivity index (χ4v) is 2.95. The zero-order valence-electron chi connectivity index (χ0n) is 14.8. The lowest BCUT2D eigenvalue weighted by atomic mass is 10.1. The molecule has 134 valence electrons. The van der Waals surface area contributed by atoms with Gasteiger partial charge >= 0.3 is 5.97 Å². The number of nitrogens with zero attached hydrogens (tertiary/aromatic N) is 4. The van der Waals surface area contributed by atoms with Crippen LogP contribution < -0.4 is 4.74 Å². The lowest BCUT2D eigenvalue weighted by Gasteiger charge is -2.33. The Morgan fingerprint density at radius 3 is 2.68 bits per heavy atom. The molecule has 0 saturated heterocycles. The number of benzene rings is 1. The molecule has 1 aromatic carbocycles. The molecule has 1 N–H and O–H groups in total. The van der Waals surface area contributed by atoms with Crippen LogP contribution >= 0.6 is 0 Å². The normalized spacial score (nSPS) is 17.5. The molecule has 0 radical (unpaired) electrons. The summed E-state index contributed by atoms with van der Waals surface area (Å²) in [5.74, 6) is 2.06. The monoisotopic (exact) mass is 344 g/mol. The van der Waals surface area contributed by atoms with Crippen LogP contribution in [-0.4, -0.2) is 43.4 Å². The number of aromatic nitrogens is 3. The highest BCUT2D eigenvalue weighted by Gasteiger charge is 2.33. The molecular formula is C18H24N4O3. The maximum Gasteiger partial charge on any atom is 0.322 e. The smallest absolute Gasteiger partial charge is 0.322 e. The molecule has 25 heavy (non-hydrogen) atoms. The van der Waals surface area contributed by atoms with Gasteiger partial charge in [0.1, 0.15) is 23.4 Å². The maximum absolute atomic E-state index is 11.7. The summed E-state index contributed by atoms with van der Waals surface area (Å²) in [4.78, 5) is 13.6. The van der Waals surface area contributed by atoms with Crippen LogP contribution in [-0.2, 0) is 24.4 Å². The maximum atomic E-state index is 11.7. The zero-order valence-corrected chi connectivity index (χ0v) is 14.8. The first-order chi connectivity index (χ1) is 11.9. The average molecular weight is 344 g/mol. The third-order valence-corrected chi connectivity index (χ3v) is 4.33. The van der Waals surface area contributed by atoms with E-state index in [1.807, 2.05) is 40.7 Å². The van der Waals surface area contributed by atoms with Crippen molar-refractivity contribution in [3.05, 3.63) is 41.5 Å². The van der Waals surface area contributed by atoms with Gasteiger partial charge < -0.3 is 14.4 Å². The number of hydrogen-bond acceptors (Lipinski definition) is 5. The molecule has 7 heteroatoms. The van der Waals surface area contributed by atoms with Crippen LogP contribution in [0.4, 0.5) is 0 Å². The molecule has 0 aliphatic carbocycles. The minimum absolute atomic E-state index is 0.374. The molecule has 0 amide bonds. The van der Waals surface area contributed by atoms with Gasteiger partial charge in [-0.15, -0.1) is 10.2 Å². The Morgan fingerprint density at radius 2 is 2.04 bits per heavy atom. The van der Waals surface area contributed by atoms with Crippen molar-refractivity contribution in [1.29, 1.82) is 0 Å². The first-order valence-corrected chi connectivity index (χ1v) is 8.51. The fraction of sp³-hybridized carbons (Fsp3) is 0.500. The van der Waals surface area contributed by atoms with E-state index in [2.05, 4.69) is 24.0 Å². The van der Waals surface area contributed by atoms with Crippen molar-refractivity contribution in [3.8, 4) is 5.75 Å². The zero-order chi connectivity index (χ0) is 18.0. The van der Waals surface area contributed by atoms with E-state index in [9.17, 15) is 9.90 Å². The van der Waals surface area contributed by atoms with Crippen molar-refractivity contribution >= 4 is 5.97 Å². The lowest BCUT2D eigenvalue weighted by Crippen LogP contribution is -2.47. The molecule has 1 aliphatic rings. The van der Waals surface area contributed by atoms with Gasteiger partial charge in [-0.1, -0.05) is 26.0 Å². The molecule has 1 unspecified atom stereocenters. The summed E-state index contributed by atoms with van der Waals surface area (Å²) >= 11 is 0. The number of aliphatic carboxylic acids is 1. The molecule has 2 aromatic rings. The van der Waals surface area contributed by atoms with Crippen molar-refractivity contribution in [1.82, 2.24) is 19.7 Å². The molecule has 1 aliphatic heterocycles. The number of rotatable bonds is 6. The number of carboxylic acids is 1. The standard InChI is InChI=1S/C18H24N4O3/c1-12(2)11-25-15-6-4-14(5-7-15)8-21-10-17-20-19-13(3)22(17)9-16(21)18(23)24/h4-7,12,16H,8-11H2,1-3H3,(H,23,24). The first kappa shape index (κ1) is 17.4. The van der Waals surface area contributed by atoms with Crippen molar-refractivity contribution in [2.45, 2.75) is 46.4 Å². The number of ether oxygens (including phenoxy) is 1. The number of carboxylic acid groups (broad SMARTS) is 1. The molecule has 0 fully saturated rings. The van der Waals surface area contributed by atoms with Gasteiger partial charge in [-0.25, -0.2) is 0 Å². The van der Waals surface area contributed by atoms with E-state index in [4.69, 9.17) is 4.74 Å². The van der Waals surface area contributed by atoms with Crippen LogP contribution in [0, 0.1) is 12.8 Å². The van der Waals surface area contributed by atoms with E-state index in [-0.39, 0.29) is 0 Å². The second kappa shape index (κ2) is 7.23. The number of fused-ring (bicyclic) bond motifs is 1. The van der Waals surface area contributed by atoms with Gasteiger partial charge in [0.2, 0.25) is 0 Å². The fourth-order valence-electron chi connectivity index (χ4n) is 2.95. The van der Waals surface area contributed by atoms with Crippen LogP contribution in [0.3, 0.4) is 0 Å². The van der Waals surface area contributed by atoms with Gasteiger partial charge in [-0.2, -0.15) is 0 Å². The molecule has 0 saturated carbocycles. The van der Waals surface area contributed by atoms with Crippen LogP contribution in [0.5, 0.6) is 5.75 Å². The Bertz CT molecular complexity index is 739. The van der Waals surface area contributed by atoms with Crippen molar-refractivity contribution in [2.75, 3.05) is 6.61 Å². The Kier molecular flexibility index (Phi) is 5.03. The van der Waals surface area contributed by atoms with Gasteiger partial charge in [-0.05, 0) is 30.5 Å². The second-order valence-corrected chi connectivity index (χ2v) is 6.88. The quantitative estimate of drug-likeness (QED) is 0.864. The van der Waals surface area contributed by atoms with Gasteiger partial charge in [0.15, 0.2) is 0 Å². The summed E-state index contributed by atoms with van der Waals surface area (Å²) < 4.78 is 7.58. The van der Waals surface area contributed by atoms with E-state index in [0.29, 0.717) is 32.2 Å². The molecular weight excluding hydrogens is 320 g/mol. The average Bonchev–Trinajstić information content (AvgIpc) is 2.93. The summed E-state index contributed by atoms with van der Waals surface area (Å²) in [5, 5.41) is 17.8. The molecule has 2 heterocycles. The third-order valence-electron chi connectivity index (χ3n) is 4.33. The predicted molar refractivity (Wildman–Crippen MR) is 92.2 cm³/mol.